The average Bonchev–Trinajstić information content (AvgIpc) is 2.97. The molecule has 2 amide bonds. The Kier molecular flexibility index (Phi) is 5.18. The first-order valence-corrected chi connectivity index (χ1v) is 8.64. The molecule has 3 N–H and O–H groups in total. The molecule has 2 aromatic heterocycles. The Hall–Kier alpha value is -3.94. The van der Waals surface area contributed by atoms with Crippen LogP contribution in [0, 0.1) is 13.8 Å². The van der Waals surface area contributed by atoms with E-state index in [-0.39, 0.29) is 33.8 Å². The average molecular weight is 394 g/mol. The highest BCUT2D eigenvalue weighted by Gasteiger charge is 2.25. The second-order valence-electron chi connectivity index (χ2n) is 6.50. The van der Waals surface area contributed by atoms with Crippen LogP contribution in [0.25, 0.3) is 17.0 Å². The first-order chi connectivity index (χ1) is 13.7. The molecule has 0 saturated carbocycles. The summed E-state index contributed by atoms with van der Waals surface area (Å²) >= 11 is 0. The molecular weight excluding hydrogens is 376 g/mol. The number of carbonyl (C=O) groups excluding carboxylic acids is 3. The predicted molar refractivity (Wildman–Crippen MR) is 107 cm³/mol. The number of rotatable bonds is 5. The standard InChI is InChI=1S/C21H18N2O6/c1-10-4-6-15-14(8-10)19(26)13(9-28-15)5-7-16(25)23-21-18(20(22)27)17(11(2)24)12(3)29-21/h4-9H,1-3H3,(H2,22,27)(H,23,25)/b7-5+. The minimum absolute atomic E-state index is 0.0160. The van der Waals surface area contributed by atoms with Crippen LogP contribution in [0.5, 0.6) is 0 Å². The summed E-state index contributed by atoms with van der Waals surface area (Å²) in [5.41, 5.74) is 6.37. The SMILES string of the molecule is CC(=O)c1c(C)oc(NC(=O)/C=C/c2coc3ccc(C)cc3c2=O)c1C(N)=O. The van der Waals surface area contributed by atoms with Crippen molar-refractivity contribution in [1.82, 2.24) is 0 Å². The molecule has 8 heteroatoms. The largest absolute Gasteiger partial charge is 0.463 e. The molecular formula is C21H18N2O6. The normalized spacial score (nSPS) is 11.1. The molecule has 1 aromatic carbocycles. The topological polar surface area (TPSA) is 133 Å². The lowest BCUT2D eigenvalue weighted by atomic mass is 10.1. The van der Waals surface area contributed by atoms with Crippen molar-refractivity contribution in [1.29, 1.82) is 0 Å². The molecule has 148 valence electrons. The Morgan fingerprint density at radius 3 is 2.52 bits per heavy atom. The van der Waals surface area contributed by atoms with E-state index in [1.165, 1.54) is 26.2 Å². The summed E-state index contributed by atoms with van der Waals surface area (Å²) in [7, 11) is 0. The number of ketones is 1. The lowest BCUT2D eigenvalue weighted by molar-refractivity contribution is -0.111. The zero-order chi connectivity index (χ0) is 21.3. The third-order valence-electron chi connectivity index (χ3n) is 4.29. The number of anilines is 1. The third-order valence-corrected chi connectivity index (χ3v) is 4.29. The summed E-state index contributed by atoms with van der Waals surface area (Å²) < 4.78 is 10.7. The minimum atomic E-state index is -0.906. The van der Waals surface area contributed by atoms with Gasteiger partial charge in [-0.05, 0) is 39.0 Å². The van der Waals surface area contributed by atoms with E-state index < -0.39 is 17.6 Å². The molecule has 0 aliphatic carbocycles. The van der Waals surface area contributed by atoms with Crippen molar-refractivity contribution in [2.24, 2.45) is 5.73 Å². The van der Waals surface area contributed by atoms with Crippen LogP contribution in [0.15, 0.2) is 44.2 Å². The second-order valence-corrected chi connectivity index (χ2v) is 6.50. The molecule has 0 bridgehead atoms. The van der Waals surface area contributed by atoms with Crippen molar-refractivity contribution < 1.29 is 23.2 Å². The summed E-state index contributed by atoms with van der Waals surface area (Å²) in [5, 5.41) is 2.77. The molecule has 0 unspecified atom stereocenters. The highest BCUT2D eigenvalue weighted by molar-refractivity contribution is 6.13. The van der Waals surface area contributed by atoms with Gasteiger partial charge in [0.1, 0.15) is 23.2 Å². The highest BCUT2D eigenvalue weighted by Crippen LogP contribution is 2.27. The van der Waals surface area contributed by atoms with E-state index in [4.69, 9.17) is 14.6 Å². The van der Waals surface area contributed by atoms with E-state index in [1.807, 2.05) is 13.0 Å². The molecule has 0 fully saturated rings. The van der Waals surface area contributed by atoms with E-state index in [0.717, 1.165) is 11.6 Å². The van der Waals surface area contributed by atoms with E-state index in [2.05, 4.69) is 5.32 Å². The lowest BCUT2D eigenvalue weighted by Crippen LogP contribution is -2.18. The van der Waals surface area contributed by atoms with Gasteiger partial charge < -0.3 is 14.6 Å². The number of benzene rings is 1. The van der Waals surface area contributed by atoms with Crippen molar-refractivity contribution in [2.45, 2.75) is 20.8 Å². The smallest absolute Gasteiger partial charge is 0.255 e. The maximum Gasteiger partial charge on any atom is 0.255 e. The molecule has 3 aromatic rings. The first-order valence-electron chi connectivity index (χ1n) is 8.64. The van der Waals surface area contributed by atoms with E-state index in [0.29, 0.717) is 11.0 Å². The summed E-state index contributed by atoms with van der Waals surface area (Å²) in [6, 6.07) is 5.22. The molecule has 0 radical (unpaired) electrons. The number of furan rings is 1. The number of aryl methyl sites for hydroxylation is 2. The Morgan fingerprint density at radius 1 is 1.14 bits per heavy atom. The third kappa shape index (κ3) is 3.86. The lowest BCUT2D eigenvalue weighted by Gasteiger charge is -2.01. The number of hydrogen-bond acceptors (Lipinski definition) is 6. The predicted octanol–water partition coefficient (Wildman–Crippen LogP) is 2.96. The Bertz CT molecular complexity index is 1250. The number of hydrogen-bond donors (Lipinski definition) is 2. The van der Waals surface area contributed by atoms with Crippen molar-refractivity contribution >= 4 is 40.5 Å². The van der Waals surface area contributed by atoms with Gasteiger partial charge in [-0.25, -0.2) is 0 Å². The van der Waals surface area contributed by atoms with Crippen molar-refractivity contribution in [3.05, 3.63) is 68.8 Å². The fourth-order valence-corrected chi connectivity index (χ4v) is 2.99. The van der Waals surface area contributed by atoms with Gasteiger partial charge in [0.05, 0.1) is 16.5 Å². The number of nitrogens with two attached hydrogens (primary N) is 1. The van der Waals surface area contributed by atoms with Crippen LogP contribution in [0.4, 0.5) is 5.88 Å². The van der Waals surface area contributed by atoms with Crippen molar-refractivity contribution in [3.8, 4) is 0 Å². The number of fused-ring (bicyclic) bond motifs is 1. The molecule has 0 aliphatic rings. The quantitative estimate of drug-likeness (QED) is 0.505. The number of primary amides is 1. The molecule has 29 heavy (non-hydrogen) atoms. The van der Waals surface area contributed by atoms with Crippen LogP contribution in [0.2, 0.25) is 0 Å². The van der Waals surface area contributed by atoms with Gasteiger partial charge in [0.25, 0.3) is 11.8 Å². The molecule has 0 spiro atoms. The van der Waals surface area contributed by atoms with Gasteiger partial charge in [-0.2, -0.15) is 0 Å². The maximum atomic E-state index is 12.6. The minimum Gasteiger partial charge on any atom is -0.463 e. The summed E-state index contributed by atoms with van der Waals surface area (Å²) in [4.78, 5) is 48.2. The zero-order valence-electron chi connectivity index (χ0n) is 16.0. The molecule has 2 heterocycles. The molecule has 8 nitrogen and oxygen atoms in total. The number of Topliss-reactive ketones (excluding diaryl/α,β-unsaturated/α-hetero) is 1. The summed E-state index contributed by atoms with van der Waals surface area (Å²) in [5.74, 6) is -2.07. The number of carbonyl (C=O) groups is 3. The van der Waals surface area contributed by atoms with Gasteiger partial charge >= 0.3 is 0 Å². The van der Waals surface area contributed by atoms with Crippen LogP contribution in [-0.4, -0.2) is 17.6 Å². The van der Waals surface area contributed by atoms with Crippen LogP contribution < -0.4 is 16.5 Å². The van der Waals surface area contributed by atoms with E-state index >= 15 is 0 Å². The van der Waals surface area contributed by atoms with Crippen molar-refractivity contribution in [2.75, 3.05) is 5.32 Å². The van der Waals surface area contributed by atoms with Gasteiger partial charge in [-0.3, -0.25) is 24.5 Å². The molecule has 0 atom stereocenters. The monoisotopic (exact) mass is 394 g/mol. The highest BCUT2D eigenvalue weighted by atomic mass is 16.4. The van der Waals surface area contributed by atoms with Crippen LogP contribution in [0.1, 0.15) is 44.5 Å². The first kappa shape index (κ1) is 19.8. The molecule has 0 saturated heterocycles. The van der Waals surface area contributed by atoms with E-state index in [9.17, 15) is 19.2 Å². The van der Waals surface area contributed by atoms with Gasteiger partial charge in [-0.1, -0.05) is 11.6 Å². The Balaban J connectivity index is 1.90. The van der Waals surface area contributed by atoms with Gasteiger partial charge in [0.15, 0.2) is 11.2 Å². The molecule has 3 rings (SSSR count). The van der Waals surface area contributed by atoms with Gasteiger partial charge in [-0.15, -0.1) is 0 Å². The number of nitrogens with one attached hydrogen (secondary N) is 1. The van der Waals surface area contributed by atoms with Gasteiger partial charge in [0, 0.05) is 6.08 Å². The second kappa shape index (κ2) is 7.59. The Morgan fingerprint density at radius 2 is 1.86 bits per heavy atom. The van der Waals surface area contributed by atoms with Crippen molar-refractivity contribution in [3.63, 3.8) is 0 Å². The van der Waals surface area contributed by atoms with Crippen LogP contribution in [-0.2, 0) is 4.79 Å². The number of amides is 2. The zero-order valence-corrected chi connectivity index (χ0v) is 16.0. The maximum absolute atomic E-state index is 12.6. The summed E-state index contributed by atoms with van der Waals surface area (Å²) in [6.07, 6.45) is 3.63. The molecule has 0 aliphatic heterocycles. The fourth-order valence-electron chi connectivity index (χ4n) is 2.99. The van der Waals surface area contributed by atoms with Crippen LogP contribution >= 0.6 is 0 Å². The summed E-state index contributed by atoms with van der Waals surface area (Å²) in [6.45, 7) is 4.60. The van der Waals surface area contributed by atoms with Crippen LogP contribution in [0.3, 0.4) is 0 Å². The fraction of sp³-hybridized carbons (Fsp3) is 0.143. The van der Waals surface area contributed by atoms with E-state index in [1.54, 1.807) is 12.1 Å². The Labute approximate surface area is 165 Å². The van der Waals surface area contributed by atoms with Gasteiger partial charge in [0.2, 0.25) is 5.88 Å².